The number of amides is 1. The normalized spacial score (nSPS) is 15.6. The summed E-state index contributed by atoms with van der Waals surface area (Å²) in [6.45, 7) is 5.68. The van der Waals surface area contributed by atoms with Crippen LogP contribution in [0.2, 0.25) is 0 Å². The second-order valence-electron chi connectivity index (χ2n) is 7.55. The molecule has 0 atom stereocenters. The fraction of sp³-hybridized carbons (Fsp3) is 0.409. The Labute approximate surface area is 167 Å². The third-order valence-corrected chi connectivity index (χ3v) is 7.05. The summed E-state index contributed by atoms with van der Waals surface area (Å²) in [5, 5.41) is 0. The average molecular weight is 401 g/mol. The minimum Gasteiger partial charge on any atom is -0.339 e. The summed E-state index contributed by atoms with van der Waals surface area (Å²) in [4.78, 5) is 14.8. The number of piperidine rings is 1. The van der Waals surface area contributed by atoms with Gasteiger partial charge in [0.05, 0.1) is 4.90 Å². The van der Waals surface area contributed by atoms with E-state index in [9.17, 15) is 13.2 Å². The molecule has 150 valence electrons. The van der Waals surface area contributed by atoms with E-state index in [1.54, 1.807) is 25.1 Å². The first-order chi connectivity index (χ1) is 13.4. The molecular weight excluding hydrogens is 372 g/mol. The Morgan fingerprint density at radius 2 is 1.68 bits per heavy atom. The molecule has 1 N–H and O–H groups in total. The van der Waals surface area contributed by atoms with Crippen molar-refractivity contribution in [3.05, 3.63) is 65.2 Å². The molecule has 0 saturated carbocycles. The van der Waals surface area contributed by atoms with E-state index < -0.39 is 10.0 Å². The predicted octanol–water partition coefficient (Wildman–Crippen LogP) is 3.52. The first-order valence-corrected chi connectivity index (χ1v) is 11.3. The number of aryl methyl sites for hydroxylation is 2. The Bertz CT molecular complexity index is 915. The van der Waals surface area contributed by atoms with E-state index in [1.807, 2.05) is 42.2 Å². The standard InChI is InChI=1S/C22H28N2O3S/c1-17-7-9-20(10-8-17)22(25)24-15-12-19(13-16-24)11-14-23-28(26,27)21-6-4-3-5-18(21)2/h3-10,19,23H,11-16H2,1-2H3. The minimum atomic E-state index is -3.47. The molecule has 1 saturated heterocycles. The summed E-state index contributed by atoms with van der Waals surface area (Å²) in [5.41, 5.74) is 2.62. The van der Waals surface area contributed by atoms with Gasteiger partial charge in [0.1, 0.15) is 0 Å². The van der Waals surface area contributed by atoms with Gasteiger partial charge in [0.2, 0.25) is 10.0 Å². The molecule has 0 aromatic heterocycles. The lowest BCUT2D eigenvalue weighted by Gasteiger charge is -2.32. The van der Waals surface area contributed by atoms with Crippen LogP contribution < -0.4 is 4.72 Å². The predicted molar refractivity (Wildman–Crippen MR) is 111 cm³/mol. The van der Waals surface area contributed by atoms with Crippen molar-refractivity contribution in [3.8, 4) is 0 Å². The molecule has 0 radical (unpaired) electrons. The van der Waals surface area contributed by atoms with Gasteiger partial charge in [0, 0.05) is 25.2 Å². The van der Waals surface area contributed by atoms with Gasteiger partial charge in [-0.25, -0.2) is 13.1 Å². The van der Waals surface area contributed by atoms with Crippen LogP contribution in [0.3, 0.4) is 0 Å². The highest BCUT2D eigenvalue weighted by Gasteiger charge is 2.24. The van der Waals surface area contributed by atoms with Gasteiger partial charge in [-0.05, 0) is 62.8 Å². The van der Waals surface area contributed by atoms with Crippen molar-refractivity contribution in [2.75, 3.05) is 19.6 Å². The molecule has 3 rings (SSSR count). The van der Waals surface area contributed by atoms with E-state index >= 15 is 0 Å². The van der Waals surface area contributed by atoms with Crippen LogP contribution in [0, 0.1) is 19.8 Å². The number of likely N-dealkylation sites (tertiary alicyclic amines) is 1. The van der Waals surface area contributed by atoms with E-state index in [2.05, 4.69) is 4.72 Å². The average Bonchev–Trinajstić information content (AvgIpc) is 2.69. The zero-order chi connectivity index (χ0) is 20.1. The van der Waals surface area contributed by atoms with E-state index in [0.29, 0.717) is 17.4 Å². The summed E-state index contributed by atoms with van der Waals surface area (Å²) in [6, 6.07) is 14.7. The number of rotatable bonds is 6. The van der Waals surface area contributed by atoms with Gasteiger partial charge in [-0.2, -0.15) is 0 Å². The lowest BCUT2D eigenvalue weighted by Crippen LogP contribution is -2.39. The molecule has 0 aliphatic carbocycles. The monoisotopic (exact) mass is 400 g/mol. The highest BCUT2D eigenvalue weighted by atomic mass is 32.2. The fourth-order valence-corrected chi connectivity index (χ4v) is 4.93. The highest BCUT2D eigenvalue weighted by Crippen LogP contribution is 2.22. The van der Waals surface area contributed by atoms with Gasteiger partial charge in [-0.3, -0.25) is 4.79 Å². The van der Waals surface area contributed by atoms with Crippen LogP contribution in [0.4, 0.5) is 0 Å². The van der Waals surface area contributed by atoms with Crippen LogP contribution in [-0.4, -0.2) is 38.9 Å². The van der Waals surface area contributed by atoms with Crippen molar-refractivity contribution in [1.82, 2.24) is 9.62 Å². The molecule has 1 fully saturated rings. The Morgan fingerprint density at radius 3 is 2.32 bits per heavy atom. The topological polar surface area (TPSA) is 66.5 Å². The number of nitrogens with one attached hydrogen (secondary N) is 1. The SMILES string of the molecule is Cc1ccc(C(=O)N2CCC(CCNS(=O)(=O)c3ccccc3C)CC2)cc1. The molecule has 0 bridgehead atoms. The molecule has 6 heteroatoms. The fourth-order valence-electron chi connectivity index (χ4n) is 3.64. The van der Waals surface area contributed by atoms with E-state index in [-0.39, 0.29) is 5.91 Å². The number of sulfonamides is 1. The van der Waals surface area contributed by atoms with Gasteiger partial charge < -0.3 is 4.90 Å². The number of benzene rings is 2. The second-order valence-corrected chi connectivity index (χ2v) is 9.29. The molecule has 2 aromatic rings. The maximum Gasteiger partial charge on any atom is 0.253 e. The summed E-state index contributed by atoms with van der Waals surface area (Å²) >= 11 is 0. The van der Waals surface area contributed by atoms with Crippen LogP contribution >= 0.6 is 0 Å². The minimum absolute atomic E-state index is 0.0821. The van der Waals surface area contributed by atoms with Crippen molar-refractivity contribution >= 4 is 15.9 Å². The maximum absolute atomic E-state index is 12.6. The smallest absolute Gasteiger partial charge is 0.253 e. The Balaban J connectivity index is 1.46. The molecule has 1 heterocycles. The van der Waals surface area contributed by atoms with Crippen molar-refractivity contribution < 1.29 is 13.2 Å². The highest BCUT2D eigenvalue weighted by molar-refractivity contribution is 7.89. The number of nitrogens with zero attached hydrogens (tertiary/aromatic N) is 1. The third-order valence-electron chi connectivity index (χ3n) is 5.43. The zero-order valence-corrected chi connectivity index (χ0v) is 17.3. The van der Waals surface area contributed by atoms with Gasteiger partial charge in [-0.15, -0.1) is 0 Å². The number of hydrogen-bond donors (Lipinski definition) is 1. The Morgan fingerprint density at radius 1 is 1.04 bits per heavy atom. The van der Waals surface area contributed by atoms with Gasteiger partial charge in [0.25, 0.3) is 5.91 Å². The van der Waals surface area contributed by atoms with Crippen molar-refractivity contribution in [2.45, 2.75) is 38.0 Å². The summed E-state index contributed by atoms with van der Waals surface area (Å²) in [5.74, 6) is 0.514. The molecule has 0 unspecified atom stereocenters. The van der Waals surface area contributed by atoms with Gasteiger partial charge >= 0.3 is 0 Å². The quantitative estimate of drug-likeness (QED) is 0.807. The van der Waals surface area contributed by atoms with Gasteiger partial charge in [0.15, 0.2) is 0 Å². The van der Waals surface area contributed by atoms with Crippen molar-refractivity contribution in [1.29, 1.82) is 0 Å². The molecule has 28 heavy (non-hydrogen) atoms. The molecule has 0 spiro atoms. The van der Waals surface area contributed by atoms with Crippen molar-refractivity contribution in [3.63, 3.8) is 0 Å². The zero-order valence-electron chi connectivity index (χ0n) is 16.5. The summed E-state index contributed by atoms with van der Waals surface area (Å²) in [7, 11) is -3.47. The second kappa shape index (κ2) is 8.88. The number of carbonyl (C=O) groups is 1. The molecular formula is C22H28N2O3S. The maximum atomic E-state index is 12.6. The third kappa shape index (κ3) is 5.00. The van der Waals surface area contributed by atoms with E-state index in [4.69, 9.17) is 0 Å². The summed E-state index contributed by atoms with van der Waals surface area (Å²) < 4.78 is 27.6. The van der Waals surface area contributed by atoms with Crippen LogP contribution in [0.1, 0.15) is 40.7 Å². The lowest BCUT2D eigenvalue weighted by atomic mass is 9.93. The largest absolute Gasteiger partial charge is 0.339 e. The molecule has 1 amide bonds. The van der Waals surface area contributed by atoms with Crippen LogP contribution in [0.5, 0.6) is 0 Å². The molecule has 1 aliphatic heterocycles. The Kier molecular flexibility index (Phi) is 6.52. The van der Waals surface area contributed by atoms with E-state index in [0.717, 1.165) is 49.0 Å². The number of carbonyl (C=O) groups excluding carboxylic acids is 1. The van der Waals surface area contributed by atoms with E-state index in [1.165, 1.54) is 0 Å². The van der Waals surface area contributed by atoms with Crippen LogP contribution in [0.25, 0.3) is 0 Å². The molecule has 1 aliphatic rings. The van der Waals surface area contributed by atoms with Crippen molar-refractivity contribution in [2.24, 2.45) is 5.92 Å². The molecule has 2 aromatic carbocycles. The van der Waals surface area contributed by atoms with Crippen LogP contribution in [0.15, 0.2) is 53.4 Å². The Hall–Kier alpha value is -2.18. The summed E-state index contributed by atoms with van der Waals surface area (Å²) in [6.07, 6.45) is 2.60. The molecule has 5 nitrogen and oxygen atoms in total. The van der Waals surface area contributed by atoms with Crippen LogP contribution in [-0.2, 0) is 10.0 Å². The van der Waals surface area contributed by atoms with Gasteiger partial charge in [-0.1, -0.05) is 35.9 Å². The first-order valence-electron chi connectivity index (χ1n) is 9.78. The first kappa shape index (κ1) is 20.6. The lowest BCUT2D eigenvalue weighted by molar-refractivity contribution is 0.0687. The number of hydrogen-bond acceptors (Lipinski definition) is 3.